The molecule has 1 aliphatic rings. The van der Waals surface area contributed by atoms with E-state index in [2.05, 4.69) is 10.3 Å². The topological polar surface area (TPSA) is 62.3 Å². The summed E-state index contributed by atoms with van der Waals surface area (Å²) in [7, 11) is 0. The minimum absolute atomic E-state index is 0.0573. The molecule has 4 aromatic rings. The van der Waals surface area contributed by atoms with Gasteiger partial charge in [-0.2, -0.15) is 0 Å². The summed E-state index contributed by atoms with van der Waals surface area (Å²) >= 11 is 5.97. The molecule has 0 saturated carbocycles. The van der Waals surface area contributed by atoms with Crippen molar-refractivity contribution in [2.24, 2.45) is 0 Å². The Labute approximate surface area is 194 Å². The van der Waals surface area contributed by atoms with E-state index in [0.29, 0.717) is 35.5 Å². The Balaban J connectivity index is 1.37. The molecule has 1 N–H and O–H groups in total. The van der Waals surface area contributed by atoms with Crippen molar-refractivity contribution >= 4 is 45.6 Å². The molecule has 0 atom stereocenters. The Bertz CT molecular complexity index is 1390. The van der Waals surface area contributed by atoms with Gasteiger partial charge in [-0.15, -0.1) is 0 Å². The fourth-order valence-electron chi connectivity index (χ4n) is 4.01. The minimum Gasteiger partial charge on any atom is -0.321 e. The molecule has 0 bridgehead atoms. The number of pyridine rings is 1. The summed E-state index contributed by atoms with van der Waals surface area (Å²) in [4.78, 5) is 31.3. The number of anilines is 2. The lowest BCUT2D eigenvalue weighted by Crippen LogP contribution is -2.34. The summed E-state index contributed by atoms with van der Waals surface area (Å²) in [6.45, 7) is 0.451. The number of fused-ring (bicyclic) bond motifs is 2. The number of nitrogens with one attached hydrogen (secondary N) is 1. The Morgan fingerprint density at radius 1 is 1.00 bits per heavy atom. The van der Waals surface area contributed by atoms with E-state index in [-0.39, 0.29) is 23.3 Å². The number of hydrogen-bond donors (Lipinski definition) is 1. The van der Waals surface area contributed by atoms with Crippen LogP contribution >= 0.6 is 11.6 Å². The summed E-state index contributed by atoms with van der Waals surface area (Å²) < 4.78 is 13.5. The molecule has 2 amide bonds. The third-order valence-corrected chi connectivity index (χ3v) is 5.96. The molecule has 0 spiro atoms. The molecule has 1 aromatic heterocycles. The van der Waals surface area contributed by atoms with Gasteiger partial charge in [-0.3, -0.25) is 14.6 Å². The van der Waals surface area contributed by atoms with Crippen LogP contribution < -0.4 is 10.2 Å². The molecule has 0 unspecified atom stereocenters. The van der Waals surface area contributed by atoms with E-state index in [1.54, 1.807) is 41.4 Å². The van der Waals surface area contributed by atoms with Crippen molar-refractivity contribution in [2.75, 3.05) is 10.2 Å². The number of aromatic nitrogens is 1. The van der Waals surface area contributed by atoms with Gasteiger partial charge in [-0.05, 0) is 77.5 Å². The van der Waals surface area contributed by atoms with Crippen molar-refractivity contribution in [3.63, 3.8) is 0 Å². The van der Waals surface area contributed by atoms with Crippen molar-refractivity contribution < 1.29 is 14.0 Å². The van der Waals surface area contributed by atoms with Crippen LogP contribution in [0.15, 0.2) is 72.9 Å². The van der Waals surface area contributed by atoms with Crippen LogP contribution in [0.5, 0.6) is 0 Å². The highest BCUT2D eigenvalue weighted by molar-refractivity contribution is 6.30. The zero-order valence-electron chi connectivity index (χ0n) is 17.5. The number of carbonyl (C=O) groups is 2. The van der Waals surface area contributed by atoms with Crippen LogP contribution in [-0.4, -0.2) is 16.8 Å². The van der Waals surface area contributed by atoms with Crippen LogP contribution in [0.25, 0.3) is 10.8 Å². The van der Waals surface area contributed by atoms with Gasteiger partial charge in [-0.25, -0.2) is 4.39 Å². The summed E-state index contributed by atoms with van der Waals surface area (Å²) in [6.07, 6.45) is 2.55. The molecule has 0 aliphatic carbocycles. The maximum atomic E-state index is 13.5. The first-order chi connectivity index (χ1) is 16.0. The summed E-state index contributed by atoms with van der Waals surface area (Å²) in [5.41, 5.74) is 3.61. The number of amides is 2. The second kappa shape index (κ2) is 8.64. The Morgan fingerprint density at radius 3 is 2.64 bits per heavy atom. The van der Waals surface area contributed by atoms with Crippen LogP contribution in [0.4, 0.5) is 15.8 Å². The SMILES string of the molecule is O=C(Nc1ccc2c(c1)CCC(=O)N2Cc1ccc(Cl)cc1)c1cc2cc(F)ccc2cn1. The van der Waals surface area contributed by atoms with Crippen molar-refractivity contribution in [3.8, 4) is 0 Å². The molecular weight excluding hydrogens is 441 g/mol. The molecule has 5 rings (SSSR count). The molecular formula is C26H19ClFN3O2. The maximum Gasteiger partial charge on any atom is 0.274 e. The van der Waals surface area contributed by atoms with E-state index in [9.17, 15) is 14.0 Å². The predicted octanol–water partition coefficient (Wildman–Crippen LogP) is 5.76. The first kappa shape index (κ1) is 21.1. The quantitative estimate of drug-likeness (QED) is 0.422. The smallest absolute Gasteiger partial charge is 0.274 e. The van der Waals surface area contributed by atoms with Gasteiger partial charge in [0.2, 0.25) is 5.91 Å². The van der Waals surface area contributed by atoms with Crippen LogP contribution in [0, 0.1) is 5.82 Å². The molecule has 164 valence electrons. The largest absolute Gasteiger partial charge is 0.321 e. The van der Waals surface area contributed by atoms with Crippen LogP contribution in [0.3, 0.4) is 0 Å². The summed E-state index contributed by atoms with van der Waals surface area (Å²) in [5, 5.41) is 4.87. The number of aryl methyl sites for hydroxylation is 1. The lowest BCUT2D eigenvalue weighted by Gasteiger charge is -2.30. The van der Waals surface area contributed by atoms with Crippen molar-refractivity contribution in [1.82, 2.24) is 4.98 Å². The number of halogens is 2. The van der Waals surface area contributed by atoms with Crippen molar-refractivity contribution in [2.45, 2.75) is 19.4 Å². The van der Waals surface area contributed by atoms with Gasteiger partial charge in [0.25, 0.3) is 5.91 Å². The number of carbonyl (C=O) groups excluding carboxylic acids is 2. The molecule has 1 aliphatic heterocycles. The van der Waals surface area contributed by atoms with E-state index < -0.39 is 0 Å². The molecule has 5 nitrogen and oxygen atoms in total. The molecule has 0 saturated heterocycles. The van der Waals surface area contributed by atoms with Crippen molar-refractivity contribution in [3.05, 3.63) is 101 Å². The van der Waals surface area contributed by atoms with E-state index in [0.717, 1.165) is 22.2 Å². The highest BCUT2D eigenvalue weighted by Crippen LogP contribution is 2.32. The second-order valence-corrected chi connectivity index (χ2v) is 8.40. The summed E-state index contributed by atoms with van der Waals surface area (Å²) in [6, 6.07) is 18.8. The monoisotopic (exact) mass is 459 g/mol. The van der Waals surface area contributed by atoms with Gasteiger partial charge in [0.15, 0.2) is 0 Å². The fraction of sp³-hybridized carbons (Fsp3) is 0.115. The first-order valence-electron chi connectivity index (χ1n) is 10.5. The Kier molecular flexibility index (Phi) is 5.52. The normalized spacial score (nSPS) is 13.2. The van der Waals surface area contributed by atoms with Gasteiger partial charge >= 0.3 is 0 Å². The fourth-order valence-corrected chi connectivity index (χ4v) is 4.14. The standard InChI is InChI=1S/C26H19ClFN3O2/c27-20-5-1-16(2-6-20)15-31-24-9-8-22(12-17(24)4-10-25(31)32)30-26(33)23-13-19-11-21(28)7-3-18(19)14-29-23/h1-3,5-9,11-14H,4,10,15H2,(H,30,33). The van der Waals surface area contributed by atoms with Gasteiger partial charge in [-0.1, -0.05) is 23.7 Å². The number of benzene rings is 3. The van der Waals surface area contributed by atoms with Crippen molar-refractivity contribution in [1.29, 1.82) is 0 Å². The van der Waals surface area contributed by atoms with E-state index in [4.69, 9.17) is 11.6 Å². The molecule has 0 radical (unpaired) electrons. The highest BCUT2D eigenvalue weighted by Gasteiger charge is 2.24. The third-order valence-electron chi connectivity index (χ3n) is 5.71. The molecule has 2 heterocycles. The summed E-state index contributed by atoms with van der Waals surface area (Å²) in [5.74, 6) is -0.694. The predicted molar refractivity (Wildman–Crippen MR) is 127 cm³/mol. The number of rotatable bonds is 4. The van der Waals surface area contributed by atoms with Gasteiger partial charge in [0, 0.05) is 34.4 Å². The average Bonchev–Trinajstić information content (AvgIpc) is 2.81. The molecule has 3 aromatic carbocycles. The Hall–Kier alpha value is -3.77. The van der Waals surface area contributed by atoms with Gasteiger partial charge in [0.1, 0.15) is 11.5 Å². The zero-order valence-corrected chi connectivity index (χ0v) is 18.3. The number of hydrogen-bond acceptors (Lipinski definition) is 3. The minimum atomic E-state index is -0.383. The Morgan fingerprint density at radius 2 is 1.82 bits per heavy atom. The average molecular weight is 460 g/mol. The van der Waals surface area contributed by atoms with Crippen LogP contribution in [-0.2, 0) is 17.8 Å². The van der Waals surface area contributed by atoms with Gasteiger partial charge < -0.3 is 10.2 Å². The molecule has 0 fully saturated rings. The zero-order chi connectivity index (χ0) is 22.9. The lowest BCUT2D eigenvalue weighted by molar-refractivity contribution is -0.119. The van der Waals surface area contributed by atoms with Crippen LogP contribution in [0.1, 0.15) is 28.0 Å². The van der Waals surface area contributed by atoms with Gasteiger partial charge in [0.05, 0.1) is 6.54 Å². The molecule has 33 heavy (non-hydrogen) atoms. The molecule has 7 heteroatoms. The van der Waals surface area contributed by atoms with E-state index in [1.807, 2.05) is 24.3 Å². The number of nitrogens with zero attached hydrogens (tertiary/aromatic N) is 2. The van der Waals surface area contributed by atoms with Crippen LogP contribution in [0.2, 0.25) is 5.02 Å². The van der Waals surface area contributed by atoms with E-state index >= 15 is 0 Å². The third kappa shape index (κ3) is 4.43. The lowest BCUT2D eigenvalue weighted by atomic mass is 9.99. The maximum absolute atomic E-state index is 13.5. The van der Waals surface area contributed by atoms with E-state index in [1.165, 1.54) is 12.1 Å². The first-order valence-corrected chi connectivity index (χ1v) is 10.9. The second-order valence-electron chi connectivity index (χ2n) is 7.96. The highest BCUT2D eigenvalue weighted by atomic mass is 35.5.